The lowest BCUT2D eigenvalue weighted by atomic mass is 9.99. The molecule has 0 spiro atoms. The van der Waals surface area contributed by atoms with Gasteiger partial charge >= 0.3 is 0 Å². The van der Waals surface area contributed by atoms with E-state index >= 15 is 0 Å². The van der Waals surface area contributed by atoms with Gasteiger partial charge in [-0.3, -0.25) is 14.4 Å². The molecule has 1 unspecified atom stereocenters. The summed E-state index contributed by atoms with van der Waals surface area (Å²) in [6.07, 6.45) is 6.67. The van der Waals surface area contributed by atoms with Gasteiger partial charge in [0.1, 0.15) is 5.69 Å². The lowest BCUT2D eigenvalue weighted by molar-refractivity contribution is 0.0580. The van der Waals surface area contributed by atoms with Gasteiger partial charge in [0.2, 0.25) is 5.89 Å². The van der Waals surface area contributed by atoms with Crippen molar-refractivity contribution in [2.24, 2.45) is 13.0 Å². The smallest absolute Gasteiger partial charge is 0.272 e. The summed E-state index contributed by atoms with van der Waals surface area (Å²) in [7, 11) is 1.78. The molecule has 0 bridgehead atoms. The minimum absolute atomic E-state index is 0.0105. The van der Waals surface area contributed by atoms with Gasteiger partial charge in [0.15, 0.2) is 5.82 Å². The average Bonchev–Trinajstić information content (AvgIpc) is 2.98. The Hall–Kier alpha value is -2.22. The summed E-state index contributed by atoms with van der Waals surface area (Å²) in [5.41, 5.74) is 0.610. The molecule has 2 saturated heterocycles. The molecule has 4 heterocycles. The first-order valence-electron chi connectivity index (χ1n) is 9.54. The topological polar surface area (TPSA) is 80.3 Å². The van der Waals surface area contributed by atoms with E-state index in [4.69, 9.17) is 9.51 Å². The maximum Gasteiger partial charge on any atom is 0.272 e. The Kier molecular flexibility index (Phi) is 3.81. The SMILES string of the molecule is Cn1nccc1C(=O)N1CC(c2noc(C3CCCN3CC3CC3)n2)C1. The minimum Gasteiger partial charge on any atom is -0.338 e. The Labute approximate surface area is 152 Å². The highest BCUT2D eigenvalue weighted by Gasteiger charge is 2.38. The number of hydrogen-bond acceptors (Lipinski definition) is 6. The minimum atomic E-state index is 0.0105. The number of rotatable bonds is 5. The first-order valence-corrected chi connectivity index (χ1v) is 9.54. The molecule has 1 atom stereocenters. The van der Waals surface area contributed by atoms with E-state index in [0.29, 0.717) is 18.8 Å². The molecule has 8 nitrogen and oxygen atoms in total. The summed E-state index contributed by atoms with van der Waals surface area (Å²) in [5, 5.41) is 8.28. The fourth-order valence-corrected chi connectivity index (χ4v) is 4.06. The zero-order valence-electron chi connectivity index (χ0n) is 15.0. The normalized spacial score (nSPS) is 24.2. The highest BCUT2D eigenvalue weighted by atomic mass is 16.5. The standard InChI is InChI=1S/C18H24N6O2/c1-22-15(6-7-19-22)18(25)24-10-13(11-24)16-20-17(26-21-16)14-3-2-8-23(14)9-12-4-5-12/h6-7,12-14H,2-5,8-11H2,1H3. The maximum absolute atomic E-state index is 12.4. The highest BCUT2D eigenvalue weighted by molar-refractivity contribution is 5.93. The third-order valence-corrected chi connectivity index (χ3v) is 5.87. The largest absolute Gasteiger partial charge is 0.338 e. The van der Waals surface area contributed by atoms with Crippen molar-refractivity contribution in [1.82, 2.24) is 29.7 Å². The number of aryl methyl sites for hydroxylation is 1. The summed E-state index contributed by atoms with van der Waals surface area (Å²) in [6, 6.07) is 2.03. The number of nitrogens with zero attached hydrogens (tertiary/aromatic N) is 6. The molecular weight excluding hydrogens is 332 g/mol. The predicted octanol–water partition coefficient (Wildman–Crippen LogP) is 1.59. The molecule has 5 rings (SSSR count). The molecule has 1 saturated carbocycles. The van der Waals surface area contributed by atoms with Gasteiger partial charge < -0.3 is 9.42 Å². The molecule has 0 aromatic carbocycles. The number of hydrogen-bond donors (Lipinski definition) is 0. The van der Waals surface area contributed by atoms with Crippen molar-refractivity contribution >= 4 is 5.91 Å². The van der Waals surface area contributed by atoms with Crippen molar-refractivity contribution in [3.8, 4) is 0 Å². The molecule has 2 aromatic rings. The third-order valence-electron chi connectivity index (χ3n) is 5.87. The Morgan fingerprint density at radius 1 is 1.31 bits per heavy atom. The van der Waals surface area contributed by atoms with Gasteiger partial charge in [-0.25, -0.2) is 0 Å². The van der Waals surface area contributed by atoms with Crippen LogP contribution in [0.15, 0.2) is 16.8 Å². The average molecular weight is 356 g/mol. The summed E-state index contributed by atoms with van der Waals surface area (Å²) in [4.78, 5) is 21.5. The third kappa shape index (κ3) is 2.82. The Morgan fingerprint density at radius 2 is 2.15 bits per heavy atom. The molecule has 138 valence electrons. The van der Waals surface area contributed by atoms with E-state index in [1.165, 1.54) is 25.8 Å². The molecule has 3 aliphatic rings. The van der Waals surface area contributed by atoms with E-state index in [2.05, 4.69) is 15.2 Å². The van der Waals surface area contributed by atoms with Crippen LogP contribution < -0.4 is 0 Å². The summed E-state index contributed by atoms with van der Waals surface area (Å²) in [5.74, 6) is 2.55. The molecule has 3 fully saturated rings. The van der Waals surface area contributed by atoms with Crippen molar-refractivity contribution < 1.29 is 9.32 Å². The van der Waals surface area contributed by atoms with E-state index in [0.717, 1.165) is 30.6 Å². The van der Waals surface area contributed by atoms with Crippen molar-refractivity contribution in [1.29, 1.82) is 0 Å². The van der Waals surface area contributed by atoms with Crippen LogP contribution in [-0.4, -0.2) is 61.8 Å². The zero-order valence-corrected chi connectivity index (χ0v) is 15.0. The molecule has 0 radical (unpaired) electrons. The monoisotopic (exact) mass is 356 g/mol. The summed E-state index contributed by atoms with van der Waals surface area (Å²) >= 11 is 0. The number of likely N-dealkylation sites (tertiary alicyclic amines) is 2. The molecule has 2 aromatic heterocycles. The van der Waals surface area contributed by atoms with Crippen molar-refractivity contribution in [2.75, 3.05) is 26.2 Å². The molecule has 1 aliphatic carbocycles. The number of amides is 1. The molecule has 26 heavy (non-hydrogen) atoms. The van der Waals surface area contributed by atoms with E-state index < -0.39 is 0 Å². The van der Waals surface area contributed by atoms with Crippen LogP contribution >= 0.6 is 0 Å². The summed E-state index contributed by atoms with van der Waals surface area (Å²) in [6.45, 7) is 3.58. The van der Waals surface area contributed by atoms with Crippen molar-refractivity contribution in [3.05, 3.63) is 29.7 Å². The van der Waals surface area contributed by atoms with E-state index in [1.807, 2.05) is 4.90 Å². The second-order valence-corrected chi connectivity index (χ2v) is 7.83. The lowest BCUT2D eigenvalue weighted by Gasteiger charge is -2.37. The molecular formula is C18H24N6O2. The van der Waals surface area contributed by atoms with E-state index in [9.17, 15) is 4.79 Å². The molecule has 8 heteroatoms. The molecule has 0 N–H and O–H groups in total. The van der Waals surface area contributed by atoms with Gasteiger partial charge in [-0.1, -0.05) is 5.16 Å². The predicted molar refractivity (Wildman–Crippen MR) is 92.4 cm³/mol. The van der Waals surface area contributed by atoms with Crippen LogP contribution in [0.2, 0.25) is 0 Å². The highest BCUT2D eigenvalue weighted by Crippen LogP contribution is 2.37. The number of carbonyl (C=O) groups excluding carboxylic acids is 1. The molecule has 1 amide bonds. The van der Waals surface area contributed by atoms with E-state index in [-0.39, 0.29) is 17.9 Å². The summed E-state index contributed by atoms with van der Waals surface area (Å²) < 4.78 is 7.21. The Balaban J connectivity index is 1.21. The van der Waals surface area contributed by atoms with Crippen LogP contribution in [0.25, 0.3) is 0 Å². The quantitative estimate of drug-likeness (QED) is 0.809. The first-order chi connectivity index (χ1) is 12.7. The van der Waals surface area contributed by atoms with Crippen LogP contribution in [0.1, 0.15) is 59.8 Å². The van der Waals surface area contributed by atoms with Gasteiger partial charge in [-0.15, -0.1) is 0 Å². The van der Waals surface area contributed by atoms with Gasteiger partial charge in [0, 0.05) is 32.9 Å². The molecule has 2 aliphatic heterocycles. The second-order valence-electron chi connectivity index (χ2n) is 7.83. The fourth-order valence-electron chi connectivity index (χ4n) is 4.06. The van der Waals surface area contributed by atoms with Crippen LogP contribution in [0.3, 0.4) is 0 Å². The lowest BCUT2D eigenvalue weighted by Crippen LogP contribution is -2.49. The van der Waals surface area contributed by atoms with Gasteiger partial charge in [0.05, 0.1) is 12.0 Å². The Bertz CT molecular complexity index is 804. The second kappa shape index (κ2) is 6.19. The zero-order chi connectivity index (χ0) is 17.7. The number of aromatic nitrogens is 4. The van der Waals surface area contributed by atoms with E-state index in [1.54, 1.807) is 24.0 Å². The van der Waals surface area contributed by atoms with Crippen LogP contribution in [0.4, 0.5) is 0 Å². The maximum atomic E-state index is 12.4. The van der Waals surface area contributed by atoms with Gasteiger partial charge in [-0.05, 0) is 44.2 Å². The van der Waals surface area contributed by atoms with Crippen molar-refractivity contribution in [2.45, 2.75) is 37.6 Å². The fraction of sp³-hybridized carbons (Fsp3) is 0.667. The van der Waals surface area contributed by atoms with Crippen molar-refractivity contribution in [3.63, 3.8) is 0 Å². The Morgan fingerprint density at radius 3 is 2.88 bits per heavy atom. The van der Waals surface area contributed by atoms with Crippen LogP contribution in [-0.2, 0) is 7.05 Å². The first kappa shape index (κ1) is 16.0. The number of carbonyl (C=O) groups is 1. The van der Waals surface area contributed by atoms with Crippen LogP contribution in [0.5, 0.6) is 0 Å². The van der Waals surface area contributed by atoms with Crippen LogP contribution in [0, 0.1) is 5.92 Å². The van der Waals surface area contributed by atoms with Gasteiger partial charge in [0.25, 0.3) is 5.91 Å². The van der Waals surface area contributed by atoms with Gasteiger partial charge in [-0.2, -0.15) is 10.1 Å².